The normalized spacial score (nSPS) is 14.1. The number of hydrogen-bond donors (Lipinski definition) is 1. The number of aromatic nitrogens is 1. The number of sulfonamides is 1. The molecule has 0 bridgehead atoms. The van der Waals surface area contributed by atoms with Crippen LogP contribution in [0.4, 0.5) is 15.2 Å². The van der Waals surface area contributed by atoms with Crippen molar-refractivity contribution in [1.82, 2.24) is 9.88 Å². The van der Waals surface area contributed by atoms with Gasteiger partial charge in [-0.05, 0) is 73.2 Å². The first-order valence-corrected chi connectivity index (χ1v) is 14.9. The van der Waals surface area contributed by atoms with Gasteiger partial charge in [-0.2, -0.15) is 0 Å². The van der Waals surface area contributed by atoms with Gasteiger partial charge in [-0.3, -0.25) is 19.3 Å². The average Bonchev–Trinajstić information content (AvgIpc) is 3.34. The number of aryl methyl sites for hydroxylation is 1. The van der Waals surface area contributed by atoms with E-state index in [-0.39, 0.29) is 28.9 Å². The highest BCUT2D eigenvalue weighted by molar-refractivity contribution is 7.92. The van der Waals surface area contributed by atoms with Crippen LogP contribution in [0.1, 0.15) is 15.9 Å². The van der Waals surface area contributed by atoms with Gasteiger partial charge in [0.2, 0.25) is 0 Å². The number of nitrogens with zero attached hydrogens (tertiary/aromatic N) is 3. The number of amides is 1. The summed E-state index contributed by atoms with van der Waals surface area (Å²) >= 11 is 7.66. The summed E-state index contributed by atoms with van der Waals surface area (Å²) in [6.07, 6.45) is 0. The van der Waals surface area contributed by atoms with Crippen LogP contribution in [-0.2, 0) is 14.8 Å². The van der Waals surface area contributed by atoms with Crippen LogP contribution in [0.15, 0.2) is 65.6 Å². The fraction of sp³-hybridized carbons (Fsp3) is 0.259. The Hall–Kier alpha value is -2.80. The van der Waals surface area contributed by atoms with E-state index in [0.29, 0.717) is 42.0 Å². The standard InChI is InChI=1S/C27H26ClFN4O4S2.ClH/c1-18-16-20(28)17-24-25(18)30-27(38-24)33(11-10-32-12-14-37-15-13-32)26(34)19-2-6-22(7-3-19)31-39(35,36)23-8-4-21(29)5-9-23;/h2-9,16-17,31H,10-15H2,1H3;1H. The number of carbonyl (C=O) groups excluding carboxylic acids is 1. The van der Waals surface area contributed by atoms with Gasteiger partial charge in [0.15, 0.2) is 5.13 Å². The first kappa shape index (κ1) is 30.2. The summed E-state index contributed by atoms with van der Waals surface area (Å²) in [7, 11) is -3.91. The third-order valence-electron chi connectivity index (χ3n) is 6.37. The highest BCUT2D eigenvalue weighted by atomic mass is 35.5. The number of ether oxygens (including phenoxy) is 1. The molecule has 1 saturated heterocycles. The zero-order valence-electron chi connectivity index (χ0n) is 21.5. The third kappa shape index (κ3) is 6.91. The lowest BCUT2D eigenvalue weighted by atomic mass is 10.2. The highest BCUT2D eigenvalue weighted by Gasteiger charge is 2.24. The summed E-state index contributed by atoms with van der Waals surface area (Å²) in [6, 6.07) is 14.4. The fourth-order valence-electron chi connectivity index (χ4n) is 4.27. The lowest BCUT2D eigenvalue weighted by Crippen LogP contribution is -2.43. The molecule has 4 aromatic rings. The van der Waals surface area contributed by atoms with Gasteiger partial charge in [-0.15, -0.1) is 12.4 Å². The summed E-state index contributed by atoms with van der Waals surface area (Å²) in [6.45, 7) is 5.90. The van der Waals surface area contributed by atoms with E-state index < -0.39 is 15.8 Å². The van der Waals surface area contributed by atoms with Gasteiger partial charge in [0.05, 0.1) is 28.3 Å². The maximum absolute atomic E-state index is 13.7. The number of carbonyl (C=O) groups is 1. The molecule has 3 aromatic carbocycles. The fourth-order valence-corrected chi connectivity index (χ4v) is 6.78. The zero-order valence-corrected chi connectivity index (χ0v) is 24.7. The van der Waals surface area contributed by atoms with Crippen molar-refractivity contribution in [3.8, 4) is 0 Å². The number of fused-ring (bicyclic) bond motifs is 1. The van der Waals surface area contributed by atoms with Gasteiger partial charge in [0, 0.05) is 42.5 Å². The molecule has 1 fully saturated rings. The van der Waals surface area contributed by atoms with Crippen molar-refractivity contribution in [2.24, 2.45) is 0 Å². The maximum Gasteiger partial charge on any atom is 0.261 e. The molecule has 0 aliphatic carbocycles. The summed E-state index contributed by atoms with van der Waals surface area (Å²) in [5, 5.41) is 1.18. The van der Waals surface area contributed by atoms with Crippen LogP contribution < -0.4 is 9.62 Å². The number of nitrogens with one attached hydrogen (secondary N) is 1. The Morgan fingerprint density at radius 2 is 1.80 bits per heavy atom. The quantitative estimate of drug-likeness (QED) is 0.274. The highest BCUT2D eigenvalue weighted by Crippen LogP contribution is 2.34. The molecule has 1 aliphatic heterocycles. The predicted molar refractivity (Wildman–Crippen MR) is 159 cm³/mol. The van der Waals surface area contributed by atoms with Crippen LogP contribution in [0.2, 0.25) is 5.02 Å². The molecule has 8 nitrogen and oxygen atoms in total. The molecule has 1 aliphatic rings. The second-order valence-electron chi connectivity index (χ2n) is 9.11. The molecule has 40 heavy (non-hydrogen) atoms. The van der Waals surface area contributed by atoms with E-state index in [0.717, 1.165) is 41.0 Å². The average molecular weight is 626 g/mol. The number of benzene rings is 3. The topological polar surface area (TPSA) is 91.8 Å². The van der Waals surface area contributed by atoms with Crippen molar-refractivity contribution < 1.29 is 22.3 Å². The minimum Gasteiger partial charge on any atom is -0.379 e. The molecule has 0 unspecified atom stereocenters. The number of hydrogen-bond acceptors (Lipinski definition) is 7. The molecular formula is C27H27Cl2FN4O4S2. The summed E-state index contributed by atoms with van der Waals surface area (Å²) in [5.74, 6) is -0.777. The van der Waals surface area contributed by atoms with Crippen molar-refractivity contribution in [3.63, 3.8) is 0 Å². The van der Waals surface area contributed by atoms with Gasteiger partial charge >= 0.3 is 0 Å². The van der Waals surface area contributed by atoms with E-state index in [1.807, 2.05) is 19.1 Å². The smallest absolute Gasteiger partial charge is 0.261 e. The van der Waals surface area contributed by atoms with E-state index >= 15 is 0 Å². The van der Waals surface area contributed by atoms with E-state index in [9.17, 15) is 17.6 Å². The van der Waals surface area contributed by atoms with Gasteiger partial charge in [-0.25, -0.2) is 17.8 Å². The third-order valence-corrected chi connectivity index (χ3v) is 9.01. The zero-order chi connectivity index (χ0) is 27.6. The van der Waals surface area contributed by atoms with Crippen LogP contribution >= 0.6 is 35.3 Å². The Morgan fingerprint density at radius 3 is 2.48 bits per heavy atom. The van der Waals surface area contributed by atoms with Gasteiger partial charge in [-0.1, -0.05) is 22.9 Å². The molecule has 0 radical (unpaired) electrons. The minimum atomic E-state index is -3.91. The van der Waals surface area contributed by atoms with E-state index in [1.165, 1.54) is 35.6 Å². The van der Waals surface area contributed by atoms with Crippen molar-refractivity contribution in [1.29, 1.82) is 0 Å². The van der Waals surface area contributed by atoms with E-state index in [4.69, 9.17) is 21.3 Å². The van der Waals surface area contributed by atoms with Crippen LogP contribution in [0.5, 0.6) is 0 Å². The molecule has 2 heterocycles. The van der Waals surface area contributed by atoms with Crippen LogP contribution in [0.3, 0.4) is 0 Å². The lowest BCUT2D eigenvalue weighted by molar-refractivity contribution is 0.0391. The summed E-state index contributed by atoms with van der Waals surface area (Å²) in [5.41, 5.74) is 2.39. The Morgan fingerprint density at radius 1 is 1.12 bits per heavy atom. The van der Waals surface area contributed by atoms with Crippen LogP contribution in [0, 0.1) is 12.7 Å². The van der Waals surface area contributed by atoms with Gasteiger partial charge in [0.25, 0.3) is 15.9 Å². The monoisotopic (exact) mass is 624 g/mol. The number of halogens is 3. The molecule has 13 heteroatoms. The van der Waals surface area contributed by atoms with E-state index in [2.05, 4.69) is 9.62 Å². The van der Waals surface area contributed by atoms with Crippen molar-refractivity contribution in [3.05, 3.63) is 82.6 Å². The maximum atomic E-state index is 13.7. The Balaban J connectivity index is 0.00000370. The molecule has 212 valence electrons. The second kappa shape index (κ2) is 12.8. The molecular weight excluding hydrogens is 598 g/mol. The first-order valence-electron chi connectivity index (χ1n) is 12.3. The summed E-state index contributed by atoms with van der Waals surface area (Å²) < 4.78 is 47.3. The van der Waals surface area contributed by atoms with Gasteiger partial charge in [0.1, 0.15) is 5.82 Å². The summed E-state index contributed by atoms with van der Waals surface area (Å²) in [4.78, 5) is 22.4. The van der Waals surface area contributed by atoms with Crippen LogP contribution in [0.25, 0.3) is 10.2 Å². The Labute approximate surface area is 247 Å². The SMILES string of the molecule is Cc1cc(Cl)cc2sc(N(CCN3CCOCC3)C(=O)c3ccc(NS(=O)(=O)c4ccc(F)cc4)cc3)nc12.Cl. The van der Waals surface area contributed by atoms with Crippen LogP contribution in [-0.4, -0.2) is 63.6 Å². The molecule has 1 N–H and O–H groups in total. The Bertz CT molecular complexity index is 1590. The lowest BCUT2D eigenvalue weighted by Gasteiger charge is -2.29. The Kier molecular flexibility index (Phi) is 9.65. The number of morpholine rings is 1. The number of rotatable bonds is 8. The molecule has 0 saturated carbocycles. The molecule has 0 spiro atoms. The van der Waals surface area contributed by atoms with Gasteiger partial charge < -0.3 is 4.74 Å². The number of thiazole rings is 1. The van der Waals surface area contributed by atoms with E-state index in [1.54, 1.807) is 17.0 Å². The molecule has 1 aromatic heterocycles. The second-order valence-corrected chi connectivity index (χ2v) is 12.2. The molecule has 0 atom stereocenters. The number of anilines is 2. The van der Waals surface area contributed by atoms with Crippen molar-refractivity contribution in [2.45, 2.75) is 11.8 Å². The predicted octanol–water partition coefficient (Wildman–Crippen LogP) is 5.60. The van der Waals surface area contributed by atoms with Crippen molar-refractivity contribution in [2.75, 3.05) is 49.0 Å². The molecule has 1 amide bonds. The molecule has 5 rings (SSSR count). The van der Waals surface area contributed by atoms with Crippen molar-refractivity contribution >= 4 is 72.3 Å². The largest absolute Gasteiger partial charge is 0.379 e. The first-order chi connectivity index (χ1) is 18.7. The minimum absolute atomic E-state index is 0.